The van der Waals surface area contributed by atoms with Gasteiger partial charge in [-0.1, -0.05) is 202 Å². The SMILES string of the molecule is CC1(C)c2ccccc2C2(c3ccccc3-c3c(-c4ccc(-c5ccc(N(c6ccccc6)c6ccc(-c7ccccc7)cc6)cc5)cc4)cccc32)c2ccccc21. The van der Waals surface area contributed by atoms with Crippen LogP contribution in [0.25, 0.3) is 44.5 Å². The summed E-state index contributed by atoms with van der Waals surface area (Å²) in [6.07, 6.45) is 0. The van der Waals surface area contributed by atoms with Gasteiger partial charge in [0.25, 0.3) is 0 Å². The Hall–Kier alpha value is -7.22. The van der Waals surface area contributed by atoms with E-state index in [1.807, 2.05) is 0 Å². The summed E-state index contributed by atoms with van der Waals surface area (Å²) in [6, 6.07) is 82.6. The van der Waals surface area contributed by atoms with Gasteiger partial charge >= 0.3 is 0 Å². The lowest BCUT2D eigenvalue weighted by Gasteiger charge is -2.46. The number of anilines is 3. The molecule has 2 aliphatic carbocycles. The van der Waals surface area contributed by atoms with Crippen LogP contribution in [0.2, 0.25) is 0 Å². The zero-order valence-electron chi connectivity index (χ0n) is 33.3. The Morgan fingerprint density at radius 2 is 0.644 bits per heavy atom. The predicted octanol–water partition coefficient (Wildman–Crippen LogP) is 15.2. The van der Waals surface area contributed by atoms with E-state index in [2.05, 4.69) is 243 Å². The molecule has 0 radical (unpaired) electrons. The summed E-state index contributed by atoms with van der Waals surface area (Å²) in [5.74, 6) is 0. The molecule has 0 unspecified atom stereocenters. The summed E-state index contributed by atoms with van der Waals surface area (Å²) in [5, 5.41) is 0. The molecule has 0 aromatic heterocycles. The highest BCUT2D eigenvalue weighted by atomic mass is 15.1. The Kier molecular flexibility index (Phi) is 8.13. The molecule has 11 rings (SSSR count). The first-order valence-electron chi connectivity index (χ1n) is 20.7. The standard InChI is InChI=1S/C58H43N/c1-57(2)51-23-11-13-25-53(51)58(54-26-14-12-24-52(54)57)50-22-10-9-20-49(50)56-48(21-15-27-55(56)58)44-30-28-41(29-31-44)43-34-38-47(39-35-43)59(45-18-7-4-8-19-45)46-36-32-42(33-37-46)40-16-5-3-6-17-40/h3-39H,1-2H3. The predicted molar refractivity (Wildman–Crippen MR) is 247 cm³/mol. The van der Waals surface area contributed by atoms with Crippen LogP contribution in [0.15, 0.2) is 224 Å². The number of fused-ring (bicyclic) bond motifs is 9. The Morgan fingerprint density at radius 1 is 0.271 bits per heavy atom. The van der Waals surface area contributed by atoms with Crippen molar-refractivity contribution in [2.75, 3.05) is 4.90 Å². The molecular formula is C58H43N. The monoisotopic (exact) mass is 753 g/mol. The number of hydrogen-bond donors (Lipinski definition) is 0. The van der Waals surface area contributed by atoms with Gasteiger partial charge in [-0.2, -0.15) is 0 Å². The molecule has 9 aromatic carbocycles. The Bertz CT molecular complexity index is 2930. The van der Waals surface area contributed by atoms with E-state index in [1.165, 1.54) is 77.9 Å². The largest absolute Gasteiger partial charge is 0.311 e. The minimum absolute atomic E-state index is 0.115. The van der Waals surface area contributed by atoms with Crippen LogP contribution in [0, 0.1) is 0 Å². The smallest absolute Gasteiger partial charge is 0.0719 e. The van der Waals surface area contributed by atoms with E-state index in [1.54, 1.807) is 0 Å². The maximum absolute atomic E-state index is 2.39. The fraction of sp³-hybridized carbons (Fsp3) is 0.0690. The van der Waals surface area contributed by atoms with Crippen molar-refractivity contribution in [3.05, 3.63) is 258 Å². The second kappa shape index (κ2) is 13.7. The topological polar surface area (TPSA) is 3.24 Å². The Balaban J connectivity index is 0.967. The molecule has 0 saturated carbocycles. The van der Waals surface area contributed by atoms with Crippen LogP contribution in [0.1, 0.15) is 47.2 Å². The molecule has 1 heteroatoms. The van der Waals surface area contributed by atoms with Crippen LogP contribution in [0.4, 0.5) is 17.1 Å². The minimum atomic E-state index is -0.399. The van der Waals surface area contributed by atoms with Crippen molar-refractivity contribution in [3.63, 3.8) is 0 Å². The average Bonchev–Trinajstić information content (AvgIpc) is 3.61. The van der Waals surface area contributed by atoms with Crippen molar-refractivity contribution in [1.29, 1.82) is 0 Å². The van der Waals surface area contributed by atoms with Crippen molar-refractivity contribution < 1.29 is 0 Å². The fourth-order valence-corrected chi connectivity index (χ4v) is 10.3. The van der Waals surface area contributed by atoms with E-state index in [4.69, 9.17) is 0 Å². The van der Waals surface area contributed by atoms with Gasteiger partial charge in [-0.05, 0) is 114 Å². The molecule has 9 aromatic rings. The first-order chi connectivity index (χ1) is 29.0. The second-order valence-electron chi connectivity index (χ2n) is 16.4. The number of hydrogen-bond acceptors (Lipinski definition) is 1. The van der Waals surface area contributed by atoms with Gasteiger partial charge in [0.2, 0.25) is 0 Å². The van der Waals surface area contributed by atoms with Gasteiger partial charge in [0.1, 0.15) is 0 Å². The second-order valence-corrected chi connectivity index (χ2v) is 16.4. The molecule has 0 bridgehead atoms. The van der Waals surface area contributed by atoms with Crippen LogP contribution in [0.3, 0.4) is 0 Å². The lowest BCUT2D eigenvalue weighted by Crippen LogP contribution is -2.40. The van der Waals surface area contributed by atoms with Crippen LogP contribution in [-0.2, 0) is 10.8 Å². The molecule has 280 valence electrons. The third-order valence-electron chi connectivity index (χ3n) is 13.0. The third-order valence-corrected chi connectivity index (χ3v) is 13.0. The molecule has 1 nitrogen and oxygen atoms in total. The Labute approximate surface area is 347 Å². The van der Waals surface area contributed by atoms with Crippen molar-refractivity contribution in [2.45, 2.75) is 24.7 Å². The first kappa shape index (κ1) is 35.0. The summed E-state index contributed by atoms with van der Waals surface area (Å²) in [4.78, 5) is 2.33. The van der Waals surface area contributed by atoms with E-state index in [0.29, 0.717) is 0 Å². The molecular weight excluding hydrogens is 711 g/mol. The van der Waals surface area contributed by atoms with Crippen LogP contribution in [0.5, 0.6) is 0 Å². The van der Waals surface area contributed by atoms with Gasteiger partial charge in [-0.25, -0.2) is 0 Å². The normalized spacial score (nSPS) is 13.9. The van der Waals surface area contributed by atoms with Crippen LogP contribution < -0.4 is 4.90 Å². The number of para-hydroxylation sites is 1. The van der Waals surface area contributed by atoms with Crippen LogP contribution in [-0.4, -0.2) is 0 Å². The molecule has 0 fully saturated rings. The van der Waals surface area contributed by atoms with Gasteiger partial charge in [0.05, 0.1) is 5.41 Å². The molecule has 0 aliphatic heterocycles. The lowest BCUT2D eigenvalue weighted by molar-refractivity contribution is 0.563. The van der Waals surface area contributed by atoms with Gasteiger partial charge in [0, 0.05) is 22.5 Å². The van der Waals surface area contributed by atoms with E-state index in [-0.39, 0.29) is 5.41 Å². The zero-order valence-corrected chi connectivity index (χ0v) is 33.3. The number of rotatable bonds is 6. The maximum Gasteiger partial charge on any atom is 0.0719 e. The Morgan fingerprint density at radius 3 is 1.20 bits per heavy atom. The van der Waals surface area contributed by atoms with Gasteiger partial charge in [-0.3, -0.25) is 0 Å². The molecule has 0 amide bonds. The summed E-state index contributed by atoms with van der Waals surface area (Å²) >= 11 is 0. The van der Waals surface area contributed by atoms with Crippen molar-refractivity contribution in [2.24, 2.45) is 0 Å². The van der Waals surface area contributed by atoms with Crippen molar-refractivity contribution in [1.82, 2.24) is 0 Å². The minimum Gasteiger partial charge on any atom is -0.311 e. The highest BCUT2D eigenvalue weighted by Crippen LogP contribution is 2.63. The first-order valence-corrected chi connectivity index (χ1v) is 20.7. The highest BCUT2D eigenvalue weighted by Gasteiger charge is 2.53. The summed E-state index contributed by atoms with van der Waals surface area (Å²) in [6.45, 7) is 4.77. The molecule has 0 saturated heterocycles. The number of benzene rings is 9. The lowest BCUT2D eigenvalue weighted by atomic mass is 9.55. The van der Waals surface area contributed by atoms with Crippen LogP contribution >= 0.6 is 0 Å². The van der Waals surface area contributed by atoms with Gasteiger partial charge < -0.3 is 4.90 Å². The maximum atomic E-state index is 2.39. The van der Waals surface area contributed by atoms with Gasteiger partial charge in [-0.15, -0.1) is 0 Å². The third kappa shape index (κ3) is 5.39. The molecule has 1 spiro atoms. The van der Waals surface area contributed by atoms with Crippen molar-refractivity contribution >= 4 is 17.1 Å². The summed E-state index contributed by atoms with van der Waals surface area (Å²) < 4.78 is 0. The van der Waals surface area contributed by atoms with E-state index in [0.717, 1.165) is 17.1 Å². The van der Waals surface area contributed by atoms with E-state index >= 15 is 0 Å². The molecule has 59 heavy (non-hydrogen) atoms. The molecule has 0 heterocycles. The summed E-state index contributed by atoms with van der Waals surface area (Å²) in [7, 11) is 0. The quantitative estimate of drug-likeness (QED) is 0.163. The molecule has 0 atom stereocenters. The van der Waals surface area contributed by atoms with Gasteiger partial charge in [0.15, 0.2) is 0 Å². The fourth-order valence-electron chi connectivity index (χ4n) is 10.3. The molecule has 2 aliphatic rings. The number of nitrogens with zero attached hydrogens (tertiary/aromatic N) is 1. The summed E-state index contributed by atoms with van der Waals surface area (Å²) in [5.41, 5.74) is 21.1. The van der Waals surface area contributed by atoms with E-state index < -0.39 is 5.41 Å². The highest BCUT2D eigenvalue weighted by molar-refractivity contribution is 5.96. The van der Waals surface area contributed by atoms with Crippen molar-refractivity contribution in [3.8, 4) is 44.5 Å². The zero-order chi connectivity index (χ0) is 39.6. The average molecular weight is 754 g/mol. The molecule has 0 N–H and O–H groups in total. The van der Waals surface area contributed by atoms with E-state index in [9.17, 15) is 0 Å².